The van der Waals surface area contributed by atoms with Crippen molar-refractivity contribution in [1.82, 2.24) is 20.0 Å². The zero-order chi connectivity index (χ0) is 21.6. The average molecular weight is 435 g/mol. The summed E-state index contributed by atoms with van der Waals surface area (Å²) in [6.07, 6.45) is 2.63. The summed E-state index contributed by atoms with van der Waals surface area (Å²) in [5, 5.41) is 9.83. The molecule has 0 unspecified atom stereocenters. The number of halogens is 2. The Morgan fingerprint density at radius 1 is 1.37 bits per heavy atom. The minimum absolute atomic E-state index is 0.0598. The molecule has 1 spiro atoms. The van der Waals surface area contributed by atoms with Crippen LogP contribution in [0, 0.1) is 11.2 Å². The van der Waals surface area contributed by atoms with Crippen LogP contribution >= 0.6 is 11.6 Å². The number of likely N-dealkylation sites (tertiary alicyclic amines) is 1. The Labute approximate surface area is 178 Å². The average Bonchev–Trinajstić information content (AvgIpc) is 3.25. The SMILES string of the molecule is CNC(=O)N1CC[C@]2(C1)C[C@H](c1nn(C)c(N)c1C(=O)Nc1ccc(F)c(Cl)c1)C2. The van der Waals surface area contributed by atoms with E-state index < -0.39 is 11.7 Å². The molecule has 2 heterocycles. The van der Waals surface area contributed by atoms with E-state index in [2.05, 4.69) is 15.7 Å². The van der Waals surface area contributed by atoms with Gasteiger partial charge in [-0.15, -0.1) is 0 Å². The molecule has 1 aliphatic carbocycles. The molecule has 0 radical (unpaired) electrons. The lowest BCUT2D eigenvalue weighted by atomic mass is 9.60. The first-order chi connectivity index (χ1) is 14.2. The number of carbonyl (C=O) groups is 2. The number of nitrogens with one attached hydrogen (secondary N) is 2. The van der Waals surface area contributed by atoms with Crippen molar-refractivity contribution in [2.75, 3.05) is 31.2 Å². The maximum absolute atomic E-state index is 13.4. The summed E-state index contributed by atoms with van der Waals surface area (Å²) < 4.78 is 14.9. The van der Waals surface area contributed by atoms with Crippen LogP contribution in [0.3, 0.4) is 0 Å². The van der Waals surface area contributed by atoms with Crippen LogP contribution < -0.4 is 16.4 Å². The molecule has 1 saturated carbocycles. The Morgan fingerprint density at radius 2 is 2.10 bits per heavy atom. The number of aromatic nitrogens is 2. The second-order valence-electron chi connectivity index (χ2n) is 8.18. The zero-order valence-electron chi connectivity index (χ0n) is 16.8. The standard InChI is InChI=1S/C20H24ClFN6O2/c1-24-19(30)28-6-5-20(10-28)8-11(9-20)16-15(17(23)27(2)26-16)18(29)25-12-3-4-14(22)13(21)7-12/h3-4,7,11H,5-6,8-10,23H2,1-2H3,(H,24,30)(H,25,29)/t11-,20-. The van der Waals surface area contributed by atoms with E-state index in [1.54, 1.807) is 14.1 Å². The van der Waals surface area contributed by atoms with Gasteiger partial charge in [0.15, 0.2) is 0 Å². The first-order valence-corrected chi connectivity index (χ1v) is 10.2. The third kappa shape index (κ3) is 3.47. The number of amides is 3. The van der Waals surface area contributed by atoms with Crippen molar-refractivity contribution in [3.05, 3.63) is 40.3 Å². The predicted molar refractivity (Wildman–Crippen MR) is 112 cm³/mol. The van der Waals surface area contributed by atoms with Gasteiger partial charge in [0.2, 0.25) is 0 Å². The van der Waals surface area contributed by atoms with Gasteiger partial charge >= 0.3 is 6.03 Å². The highest BCUT2D eigenvalue weighted by Gasteiger charge is 2.51. The second kappa shape index (κ2) is 7.46. The molecule has 0 bridgehead atoms. The molecule has 30 heavy (non-hydrogen) atoms. The minimum atomic E-state index is -0.557. The zero-order valence-corrected chi connectivity index (χ0v) is 17.6. The first kappa shape index (κ1) is 20.5. The first-order valence-electron chi connectivity index (χ1n) is 9.78. The van der Waals surface area contributed by atoms with Crippen LogP contribution in [0.2, 0.25) is 5.02 Å². The molecular formula is C20H24ClFN6O2. The van der Waals surface area contributed by atoms with E-state index in [9.17, 15) is 14.0 Å². The van der Waals surface area contributed by atoms with Crippen molar-refractivity contribution in [3.63, 3.8) is 0 Å². The van der Waals surface area contributed by atoms with Crippen molar-refractivity contribution >= 4 is 35.0 Å². The number of nitrogens with two attached hydrogens (primary N) is 1. The van der Waals surface area contributed by atoms with E-state index in [0.29, 0.717) is 23.5 Å². The van der Waals surface area contributed by atoms with Crippen LogP contribution in [-0.4, -0.2) is 46.8 Å². The smallest absolute Gasteiger partial charge is 0.317 e. The topological polar surface area (TPSA) is 105 Å². The highest BCUT2D eigenvalue weighted by atomic mass is 35.5. The van der Waals surface area contributed by atoms with Gasteiger partial charge in [-0.3, -0.25) is 9.48 Å². The predicted octanol–water partition coefficient (Wildman–Crippen LogP) is 2.96. The highest BCUT2D eigenvalue weighted by Crippen LogP contribution is 2.56. The summed E-state index contributed by atoms with van der Waals surface area (Å²) >= 11 is 5.81. The number of hydrogen-bond acceptors (Lipinski definition) is 4. The number of hydrogen-bond donors (Lipinski definition) is 3. The van der Waals surface area contributed by atoms with Gasteiger partial charge in [0.05, 0.1) is 10.7 Å². The molecule has 3 amide bonds. The summed E-state index contributed by atoms with van der Waals surface area (Å²) in [5.74, 6) is -0.596. The second-order valence-corrected chi connectivity index (χ2v) is 8.59. The number of nitrogens with zero attached hydrogens (tertiary/aromatic N) is 3. The van der Waals surface area contributed by atoms with Crippen LogP contribution in [-0.2, 0) is 7.05 Å². The van der Waals surface area contributed by atoms with Crippen molar-refractivity contribution in [1.29, 1.82) is 0 Å². The van der Waals surface area contributed by atoms with Crippen molar-refractivity contribution in [2.24, 2.45) is 12.5 Å². The normalized spacial score (nSPS) is 22.8. The minimum Gasteiger partial charge on any atom is -0.383 e. The largest absolute Gasteiger partial charge is 0.383 e. The number of urea groups is 1. The third-order valence-electron chi connectivity index (χ3n) is 6.21. The molecule has 10 heteroatoms. The Balaban J connectivity index is 1.51. The number of anilines is 2. The molecular weight excluding hydrogens is 411 g/mol. The molecule has 2 fully saturated rings. The van der Waals surface area contributed by atoms with E-state index in [-0.39, 0.29) is 28.2 Å². The summed E-state index contributed by atoms with van der Waals surface area (Å²) in [6, 6.07) is 3.93. The molecule has 2 aromatic rings. The molecule has 4 rings (SSSR count). The van der Waals surface area contributed by atoms with Gasteiger partial charge < -0.3 is 21.3 Å². The van der Waals surface area contributed by atoms with Gasteiger partial charge in [0, 0.05) is 38.8 Å². The van der Waals surface area contributed by atoms with Gasteiger partial charge in [-0.1, -0.05) is 11.6 Å². The van der Waals surface area contributed by atoms with Crippen LogP contribution in [0.5, 0.6) is 0 Å². The van der Waals surface area contributed by atoms with Crippen LogP contribution in [0.15, 0.2) is 18.2 Å². The highest BCUT2D eigenvalue weighted by molar-refractivity contribution is 6.31. The lowest BCUT2D eigenvalue weighted by Crippen LogP contribution is -2.42. The molecule has 1 aromatic carbocycles. The van der Waals surface area contributed by atoms with E-state index >= 15 is 0 Å². The number of nitrogen functional groups attached to an aromatic ring is 1. The van der Waals surface area contributed by atoms with Gasteiger partial charge in [0.1, 0.15) is 17.2 Å². The Kier molecular flexibility index (Phi) is 5.09. The molecule has 1 aliphatic heterocycles. The Bertz CT molecular complexity index is 1020. The maximum Gasteiger partial charge on any atom is 0.317 e. The fraction of sp³-hybridized carbons (Fsp3) is 0.450. The molecule has 8 nitrogen and oxygen atoms in total. The Hall–Kier alpha value is -2.81. The fourth-order valence-corrected chi connectivity index (χ4v) is 4.80. The number of rotatable bonds is 3. The third-order valence-corrected chi connectivity index (χ3v) is 6.50. The molecule has 160 valence electrons. The maximum atomic E-state index is 13.4. The van der Waals surface area contributed by atoms with Gasteiger partial charge in [-0.2, -0.15) is 5.10 Å². The van der Waals surface area contributed by atoms with Crippen LogP contribution in [0.4, 0.5) is 20.7 Å². The summed E-state index contributed by atoms with van der Waals surface area (Å²) in [7, 11) is 3.33. The fourth-order valence-electron chi connectivity index (χ4n) is 4.62. The summed E-state index contributed by atoms with van der Waals surface area (Å²) in [5.41, 5.74) is 7.58. The molecule has 1 saturated heterocycles. The van der Waals surface area contributed by atoms with Crippen LogP contribution in [0.25, 0.3) is 0 Å². The lowest BCUT2D eigenvalue weighted by molar-refractivity contribution is 0.0995. The molecule has 1 aromatic heterocycles. The molecule has 0 atom stereocenters. The Morgan fingerprint density at radius 3 is 2.77 bits per heavy atom. The van der Waals surface area contributed by atoms with E-state index in [0.717, 1.165) is 25.8 Å². The van der Waals surface area contributed by atoms with Crippen molar-refractivity contribution < 1.29 is 14.0 Å². The molecule has 2 aliphatic rings. The van der Waals surface area contributed by atoms with Crippen LogP contribution in [0.1, 0.15) is 41.2 Å². The van der Waals surface area contributed by atoms with Crippen molar-refractivity contribution in [3.8, 4) is 0 Å². The van der Waals surface area contributed by atoms with E-state index in [1.165, 1.54) is 22.9 Å². The number of carbonyl (C=O) groups excluding carboxylic acids is 2. The van der Waals surface area contributed by atoms with Gasteiger partial charge in [-0.25, -0.2) is 9.18 Å². The lowest BCUT2D eigenvalue weighted by Gasteiger charge is -2.44. The summed E-state index contributed by atoms with van der Waals surface area (Å²) in [6.45, 7) is 1.44. The number of benzene rings is 1. The number of aryl methyl sites for hydroxylation is 1. The van der Waals surface area contributed by atoms with Crippen molar-refractivity contribution in [2.45, 2.75) is 25.2 Å². The van der Waals surface area contributed by atoms with E-state index in [1.807, 2.05) is 4.90 Å². The quantitative estimate of drug-likeness (QED) is 0.690. The van der Waals surface area contributed by atoms with E-state index in [4.69, 9.17) is 17.3 Å². The molecule has 4 N–H and O–H groups in total. The van der Waals surface area contributed by atoms with Gasteiger partial charge in [0.25, 0.3) is 5.91 Å². The monoisotopic (exact) mass is 434 g/mol. The summed E-state index contributed by atoms with van der Waals surface area (Å²) in [4.78, 5) is 26.7. The van der Waals surface area contributed by atoms with Gasteiger partial charge in [-0.05, 0) is 42.9 Å².